The summed E-state index contributed by atoms with van der Waals surface area (Å²) in [5.74, 6) is 0.396. The Morgan fingerprint density at radius 1 is 1.24 bits per heavy atom. The Morgan fingerprint density at radius 3 is 2.71 bits per heavy atom. The molecule has 1 aliphatic rings. The highest BCUT2D eigenvalue weighted by Crippen LogP contribution is 2.36. The molecule has 3 rings (SSSR count). The number of benzene rings is 2. The van der Waals surface area contributed by atoms with Crippen LogP contribution in [0, 0.1) is 17.0 Å². The van der Waals surface area contributed by atoms with Gasteiger partial charge in [-0.25, -0.2) is 0 Å². The maximum absolute atomic E-state index is 11.0. The second-order valence-electron chi connectivity index (χ2n) is 5.55. The van der Waals surface area contributed by atoms with Crippen LogP contribution in [0.2, 0.25) is 0 Å². The van der Waals surface area contributed by atoms with Gasteiger partial charge in [-0.2, -0.15) is 0 Å². The van der Waals surface area contributed by atoms with E-state index in [2.05, 4.69) is 30.3 Å². The van der Waals surface area contributed by atoms with Gasteiger partial charge in [0.1, 0.15) is 0 Å². The minimum absolute atomic E-state index is 0.177. The van der Waals surface area contributed by atoms with Gasteiger partial charge in [0, 0.05) is 12.1 Å². The number of nitrogens with zero attached hydrogens (tertiary/aromatic N) is 1. The highest BCUT2D eigenvalue weighted by Gasteiger charge is 2.22. The average Bonchev–Trinajstić information content (AvgIpc) is 2.48. The van der Waals surface area contributed by atoms with E-state index < -0.39 is 0 Å². The fourth-order valence-corrected chi connectivity index (χ4v) is 3.17. The summed E-state index contributed by atoms with van der Waals surface area (Å²) in [7, 11) is 0. The van der Waals surface area contributed by atoms with Crippen molar-refractivity contribution < 1.29 is 4.92 Å². The molecule has 0 heterocycles. The van der Waals surface area contributed by atoms with Crippen LogP contribution in [-0.4, -0.2) is 4.92 Å². The molecule has 0 N–H and O–H groups in total. The van der Waals surface area contributed by atoms with Crippen molar-refractivity contribution in [2.45, 2.75) is 25.7 Å². The van der Waals surface area contributed by atoms with E-state index in [0.29, 0.717) is 5.92 Å². The summed E-state index contributed by atoms with van der Waals surface area (Å²) in [6.07, 6.45) is 6.09. The fraction of sp³-hybridized carbons (Fsp3) is 0.222. The molecule has 0 fully saturated rings. The maximum Gasteiger partial charge on any atom is 0.270 e. The van der Waals surface area contributed by atoms with Gasteiger partial charge in [-0.15, -0.1) is 0 Å². The maximum atomic E-state index is 11.0. The summed E-state index contributed by atoms with van der Waals surface area (Å²) < 4.78 is 0. The highest BCUT2D eigenvalue weighted by atomic mass is 16.6. The van der Waals surface area contributed by atoms with Crippen LogP contribution in [-0.2, 0) is 6.42 Å². The molecule has 106 valence electrons. The normalized spacial score (nSPS) is 16.5. The first-order valence-corrected chi connectivity index (χ1v) is 7.14. The van der Waals surface area contributed by atoms with Crippen LogP contribution in [0.25, 0.3) is 6.08 Å². The standard InChI is InChI=1S/C18H17NO2/c1-13-10-17(19(20)21)12-16-9-5-8-15(18(13)16)11-14-6-3-2-4-7-14/h2-7,9-10,12,15H,8,11H2,1H3/t15-/m0/s1. The van der Waals surface area contributed by atoms with Crippen molar-refractivity contribution in [2.75, 3.05) is 0 Å². The molecule has 0 radical (unpaired) electrons. The first kappa shape index (κ1) is 13.6. The van der Waals surface area contributed by atoms with E-state index in [1.165, 1.54) is 11.1 Å². The zero-order valence-corrected chi connectivity index (χ0v) is 12.0. The Hall–Kier alpha value is -2.42. The van der Waals surface area contributed by atoms with E-state index in [1.807, 2.05) is 19.1 Å². The van der Waals surface area contributed by atoms with Crippen molar-refractivity contribution in [1.82, 2.24) is 0 Å². The predicted molar refractivity (Wildman–Crippen MR) is 84.4 cm³/mol. The Labute approximate surface area is 124 Å². The van der Waals surface area contributed by atoms with Crippen LogP contribution >= 0.6 is 0 Å². The molecule has 3 nitrogen and oxygen atoms in total. The molecule has 0 unspecified atom stereocenters. The monoisotopic (exact) mass is 279 g/mol. The van der Waals surface area contributed by atoms with E-state index >= 15 is 0 Å². The van der Waals surface area contributed by atoms with Gasteiger partial charge in [0.05, 0.1) is 4.92 Å². The second-order valence-corrected chi connectivity index (χ2v) is 5.55. The number of aryl methyl sites for hydroxylation is 1. The molecule has 0 saturated carbocycles. The summed E-state index contributed by atoms with van der Waals surface area (Å²) in [4.78, 5) is 10.7. The highest BCUT2D eigenvalue weighted by molar-refractivity contribution is 5.63. The molecule has 2 aromatic carbocycles. The molecule has 3 heteroatoms. The van der Waals surface area contributed by atoms with Crippen molar-refractivity contribution in [3.63, 3.8) is 0 Å². The first-order valence-electron chi connectivity index (χ1n) is 7.14. The zero-order chi connectivity index (χ0) is 14.8. The van der Waals surface area contributed by atoms with Crippen LogP contribution < -0.4 is 0 Å². The Kier molecular flexibility index (Phi) is 3.57. The van der Waals surface area contributed by atoms with E-state index in [1.54, 1.807) is 12.1 Å². The van der Waals surface area contributed by atoms with Crippen LogP contribution in [0.15, 0.2) is 48.5 Å². The van der Waals surface area contributed by atoms with Gasteiger partial charge in [0.15, 0.2) is 0 Å². The number of rotatable bonds is 3. The van der Waals surface area contributed by atoms with Gasteiger partial charge >= 0.3 is 0 Å². The largest absolute Gasteiger partial charge is 0.270 e. The minimum Gasteiger partial charge on any atom is -0.258 e. The van der Waals surface area contributed by atoms with E-state index in [0.717, 1.165) is 24.0 Å². The lowest BCUT2D eigenvalue weighted by Gasteiger charge is -2.24. The third-order valence-corrected chi connectivity index (χ3v) is 4.07. The lowest BCUT2D eigenvalue weighted by atomic mass is 9.80. The van der Waals surface area contributed by atoms with Crippen molar-refractivity contribution >= 4 is 11.8 Å². The molecular formula is C18H17NO2. The van der Waals surface area contributed by atoms with Crippen molar-refractivity contribution in [2.24, 2.45) is 0 Å². The van der Waals surface area contributed by atoms with Gasteiger partial charge in [-0.3, -0.25) is 10.1 Å². The third-order valence-electron chi connectivity index (χ3n) is 4.07. The number of non-ortho nitro benzene ring substituents is 1. The quantitative estimate of drug-likeness (QED) is 0.606. The number of hydrogen-bond acceptors (Lipinski definition) is 2. The molecule has 0 aliphatic heterocycles. The summed E-state index contributed by atoms with van der Waals surface area (Å²) >= 11 is 0. The topological polar surface area (TPSA) is 43.1 Å². The van der Waals surface area contributed by atoms with Crippen LogP contribution in [0.5, 0.6) is 0 Å². The Morgan fingerprint density at radius 2 is 2.00 bits per heavy atom. The van der Waals surface area contributed by atoms with E-state index in [9.17, 15) is 10.1 Å². The molecule has 1 atom stereocenters. The molecular weight excluding hydrogens is 262 g/mol. The molecule has 2 aromatic rings. The van der Waals surface area contributed by atoms with Crippen LogP contribution in [0.1, 0.15) is 34.6 Å². The van der Waals surface area contributed by atoms with Gasteiger partial charge in [0.2, 0.25) is 0 Å². The summed E-state index contributed by atoms with van der Waals surface area (Å²) in [5, 5.41) is 11.0. The lowest BCUT2D eigenvalue weighted by molar-refractivity contribution is -0.384. The predicted octanol–water partition coefficient (Wildman–Crippen LogP) is 4.65. The molecule has 0 aromatic heterocycles. The smallest absolute Gasteiger partial charge is 0.258 e. The van der Waals surface area contributed by atoms with Crippen molar-refractivity contribution in [1.29, 1.82) is 0 Å². The number of fused-ring (bicyclic) bond motifs is 1. The summed E-state index contributed by atoms with van der Waals surface area (Å²) in [6, 6.07) is 13.8. The van der Waals surface area contributed by atoms with Gasteiger partial charge in [-0.05, 0) is 47.9 Å². The molecule has 0 amide bonds. The SMILES string of the molecule is Cc1cc([N+](=O)[O-])cc2c1[C@H](Cc1ccccc1)CC=C2. The molecule has 0 bridgehead atoms. The van der Waals surface area contributed by atoms with Crippen molar-refractivity contribution in [3.8, 4) is 0 Å². The van der Waals surface area contributed by atoms with E-state index in [4.69, 9.17) is 0 Å². The first-order chi connectivity index (χ1) is 10.1. The van der Waals surface area contributed by atoms with Gasteiger partial charge < -0.3 is 0 Å². The third kappa shape index (κ3) is 2.72. The fourth-order valence-electron chi connectivity index (χ4n) is 3.17. The van der Waals surface area contributed by atoms with Crippen LogP contribution in [0.3, 0.4) is 0 Å². The zero-order valence-electron chi connectivity index (χ0n) is 12.0. The summed E-state index contributed by atoms with van der Waals surface area (Å²) in [6.45, 7) is 1.98. The minimum atomic E-state index is -0.318. The number of nitro benzene ring substituents is 1. The summed E-state index contributed by atoms with van der Waals surface area (Å²) in [5.41, 5.74) is 4.75. The second kappa shape index (κ2) is 5.52. The number of allylic oxidation sites excluding steroid dienone is 1. The van der Waals surface area contributed by atoms with E-state index in [-0.39, 0.29) is 10.6 Å². The average molecular weight is 279 g/mol. The molecule has 0 spiro atoms. The Balaban J connectivity index is 1.98. The molecule has 21 heavy (non-hydrogen) atoms. The molecule has 0 saturated heterocycles. The number of hydrogen-bond donors (Lipinski definition) is 0. The lowest BCUT2D eigenvalue weighted by Crippen LogP contribution is -2.10. The molecule has 1 aliphatic carbocycles. The van der Waals surface area contributed by atoms with Gasteiger partial charge in [-0.1, -0.05) is 42.5 Å². The van der Waals surface area contributed by atoms with Gasteiger partial charge in [0.25, 0.3) is 5.69 Å². The Bertz CT molecular complexity index is 705. The van der Waals surface area contributed by atoms with Crippen molar-refractivity contribution in [3.05, 3.63) is 80.9 Å². The number of nitro groups is 1. The van der Waals surface area contributed by atoms with Crippen LogP contribution in [0.4, 0.5) is 5.69 Å².